The van der Waals surface area contributed by atoms with Gasteiger partial charge in [-0.1, -0.05) is 42.5 Å². The highest BCUT2D eigenvalue weighted by molar-refractivity contribution is 5.89. The molecule has 2 aromatic carbocycles. The van der Waals surface area contributed by atoms with Crippen LogP contribution >= 0.6 is 0 Å². The molecule has 150 valence electrons. The number of carbonyl (C=O) groups is 1. The van der Waals surface area contributed by atoms with Crippen LogP contribution in [0.15, 0.2) is 59.6 Å². The van der Waals surface area contributed by atoms with Crippen molar-refractivity contribution in [1.29, 1.82) is 0 Å². The van der Waals surface area contributed by atoms with E-state index in [1.165, 1.54) is 7.11 Å². The van der Waals surface area contributed by atoms with Crippen molar-refractivity contribution in [3.05, 3.63) is 71.3 Å². The lowest BCUT2D eigenvalue weighted by Gasteiger charge is -2.15. The van der Waals surface area contributed by atoms with Crippen LogP contribution < -0.4 is 10.6 Å². The van der Waals surface area contributed by atoms with Gasteiger partial charge in [0.25, 0.3) is 0 Å². The fourth-order valence-corrected chi connectivity index (χ4v) is 2.79. The number of benzene rings is 2. The van der Waals surface area contributed by atoms with E-state index in [0.717, 1.165) is 30.1 Å². The summed E-state index contributed by atoms with van der Waals surface area (Å²) in [6.07, 6.45) is 0.800. The molecule has 0 aromatic heterocycles. The van der Waals surface area contributed by atoms with E-state index in [4.69, 9.17) is 4.74 Å². The normalized spacial score (nSPS) is 12.3. The molecule has 0 aliphatic heterocycles. The first kappa shape index (κ1) is 21.4. The van der Waals surface area contributed by atoms with Crippen LogP contribution in [0.2, 0.25) is 0 Å². The van der Waals surface area contributed by atoms with Gasteiger partial charge in [-0.3, -0.25) is 4.99 Å². The van der Waals surface area contributed by atoms with Crippen LogP contribution in [-0.2, 0) is 11.2 Å². The number of hydrogen-bond donors (Lipinski definition) is 3. The second-order valence-electron chi connectivity index (χ2n) is 6.38. The average Bonchev–Trinajstić information content (AvgIpc) is 2.74. The van der Waals surface area contributed by atoms with Crippen LogP contribution in [0.4, 0.5) is 0 Å². The van der Waals surface area contributed by atoms with Crippen molar-refractivity contribution in [2.24, 2.45) is 4.99 Å². The first-order valence-corrected chi connectivity index (χ1v) is 9.53. The third kappa shape index (κ3) is 6.70. The number of ether oxygens (including phenoxy) is 1. The lowest BCUT2D eigenvalue weighted by Crippen LogP contribution is -2.38. The van der Waals surface area contributed by atoms with Gasteiger partial charge >= 0.3 is 5.97 Å². The summed E-state index contributed by atoms with van der Waals surface area (Å²) in [5.41, 5.74) is 2.74. The molecule has 0 saturated carbocycles. The predicted octanol–water partition coefficient (Wildman–Crippen LogP) is 2.35. The molecule has 0 bridgehead atoms. The van der Waals surface area contributed by atoms with Crippen molar-refractivity contribution < 1.29 is 14.6 Å². The Balaban J connectivity index is 1.89. The average molecular weight is 383 g/mol. The number of aliphatic imine (C=N–C) groups is 1. The van der Waals surface area contributed by atoms with Crippen LogP contribution in [-0.4, -0.2) is 50.4 Å². The SMILES string of the molecule is CCNC(=NCC(CO)c1ccccc1)NCCc1ccc(C(=O)OC)cc1. The van der Waals surface area contributed by atoms with Crippen LogP contribution in [0.1, 0.15) is 34.3 Å². The maximum absolute atomic E-state index is 11.5. The van der Waals surface area contributed by atoms with Crippen molar-refractivity contribution in [3.8, 4) is 0 Å². The summed E-state index contributed by atoms with van der Waals surface area (Å²) < 4.78 is 4.71. The molecule has 0 radical (unpaired) electrons. The Morgan fingerprint density at radius 3 is 2.43 bits per heavy atom. The van der Waals surface area contributed by atoms with Crippen LogP contribution in [0.5, 0.6) is 0 Å². The fourth-order valence-electron chi connectivity index (χ4n) is 2.79. The Labute approximate surface area is 166 Å². The topological polar surface area (TPSA) is 83.0 Å². The zero-order chi connectivity index (χ0) is 20.2. The van der Waals surface area contributed by atoms with Crippen molar-refractivity contribution in [2.75, 3.05) is 33.4 Å². The summed E-state index contributed by atoms with van der Waals surface area (Å²) in [6, 6.07) is 17.3. The molecular formula is C22H29N3O3. The molecule has 0 fully saturated rings. The van der Waals surface area contributed by atoms with Crippen LogP contribution in [0, 0.1) is 0 Å². The highest BCUT2D eigenvalue weighted by atomic mass is 16.5. The third-order valence-corrected chi connectivity index (χ3v) is 4.39. The Kier molecular flexibility index (Phi) is 9.01. The lowest BCUT2D eigenvalue weighted by atomic mass is 10.0. The first-order chi connectivity index (χ1) is 13.7. The Bertz CT molecular complexity index is 745. The van der Waals surface area contributed by atoms with E-state index in [2.05, 4.69) is 15.6 Å². The molecular weight excluding hydrogens is 354 g/mol. The molecule has 1 atom stereocenters. The summed E-state index contributed by atoms with van der Waals surface area (Å²) in [5.74, 6) is 0.369. The zero-order valence-electron chi connectivity index (χ0n) is 16.5. The first-order valence-electron chi connectivity index (χ1n) is 9.53. The van der Waals surface area contributed by atoms with E-state index >= 15 is 0 Å². The van der Waals surface area contributed by atoms with Crippen LogP contribution in [0.25, 0.3) is 0 Å². The minimum absolute atomic E-state index is 0.0254. The summed E-state index contributed by atoms with van der Waals surface area (Å²) >= 11 is 0. The highest BCUT2D eigenvalue weighted by Gasteiger charge is 2.10. The molecule has 0 aliphatic rings. The van der Waals surface area contributed by atoms with E-state index in [1.54, 1.807) is 12.1 Å². The van der Waals surface area contributed by atoms with E-state index in [0.29, 0.717) is 18.7 Å². The van der Waals surface area contributed by atoms with E-state index in [-0.39, 0.29) is 18.5 Å². The second kappa shape index (κ2) is 11.8. The molecule has 2 rings (SSSR count). The summed E-state index contributed by atoms with van der Waals surface area (Å²) in [4.78, 5) is 16.1. The molecule has 28 heavy (non-hydrogen) atoms. The van der Waals surface area contributed by atoms with E-state index in [1.807, 2.05) is 49.4 Å². The maximum atomic E-state index is 11.5. The van der Waals surface area contributed by atoms with Crippen molar-refractivity contribution >= 4 is 11.9 Å². The summed E-state index contributed by atoms with van der Waals surface area (Å²) in [7, 11) is 1.38. The molecule has 1 unspecified atom stereocenters. The number of rotatable bonds is 9. The van der Waals surface area contributed by atoms with Gasteiger partial charge in [-0.05, 0) is 36.6 Å². The van der Waals surface area contributed by atoms with E-state index in [9.17, 15) is 9.90 Å². The smallest absolute Gasteiger partial charge is 0.337 e. The summed E-state index contributed by atoms with van der Waals surface area (Å²) in [6.45, 7) is 4.04. The number of aliphatic hydroxyl groups excluding tert-OH is 1. The number of hydrogen-bond acceptors (Lipinski definition) is 4. The Morgan fingerprint density at radius 1 is 1.11 bits per heavy atom. The maximum Gasteiger partial charge on any atom is 0.337 e. The van der Waals surface area contributed by atoms with Crippen molar-refractivity contribution in [3.63, 3.8) is 0 Å². The van der Waals surface area contributed by atoms with Crippen molar-refractivity contribution in [2.45, 2.75) is 19.3 Å². The molecule has 6 nitrogen and oxygen atoms in total. The van der Waals surface area contributed by atoms with Gasteiger partial charge in [-0.15, -0.1) is 0 Å². The number of esters is 1. The predicted molar refractivity (Wildman–Crippen MR) is 112 cm³/mol. The van der Waals surface area contributed by atoms with Gasteiger partial charge in [0.2, 0.25) is 0 Å². The fraction of sp³-hybridized carbons (Fsp3) is 0.364. The standard InChI is InChI=1S/C22H29N3O3/c1-3-23-22(25-15-20(16-26)18-7-5-4-6-8-18)24-14-13-17-9-11-19(12-10-17)21(27)28-2/h4-12,20,26H,3,13-16H2,1-2H3,(H2,23,24,25). The zero-order valence-corrected chi connectivity index (χ0v) is 16.5. The second-order valence-corrected chi connectivity index (χ2v) is 6.38. The number of nitrogens with zero attached hydrogens (tertiary/aromatic N) is 1. The number of methoxy groups -OCH3 is 1. The lowest BCUT2D eigenvalue weighted by molar-refractivity contribution is 0.0600. The van der Waals surface area contributed by atoms with Crippen LogP contribution in [0.3, 0.4) is 0 Å². The van der Waals surface area contributed by atoms with Gasteiger partial charge in [0.15, 0.2) is 5.96 Å². The molecule has 0 spiro atoms. The largest absolute Gasteiger partial charge is 0.465 e. The molecule has 0 aliphatic carbocycles. The summed E-state index contributed by atoms with van der Waals surface area (Å²) in [5, 5.41) is 16.2. The van der Waals surface area contributed by atoms with Gasteiger partial charge in [0, 0.05) is 19.0 Å². The number of guanidine groups is 1. The third-order valence-electron chi connectivity index (χ3n) is 4.39. The minimum atomic E-state index is -0.330. The van der Waals surface area contributed by atoms with Crippen molar-refractivity contribution in [1.82, 2.24) is 10.6 Å². The molecule has 0 saturated heterocycles. The Hall–Kier alpha value is -2.86. The van der Waals surface area contributed by atoms with Gasteiger partial charge in [-0.2, -0.15) is 0 Å². The number of nitrogens with one attached hydrogen (secondary N) is 2. The molecule has 0 amide bonds. The van der Waals surface area contributed by atoms with Gasteiger partial charge < -0.3 is 20.5 Å². The highest BCUT2D eigenvalue weighted by Crippen LogP contribution is 2.14. The van der Waals surface area contributed by atoms with Gasteiger partial charge in [-0.25, -0.2) is 4.79 Å². The quantitative estimate of drug-likeness (QED) is 0.352. The molecule has 6 heteroatoms. The molecule has 0 heterocycles. The Morgan fingerprint density at radius 2 is 1.82 bits per heavy atom. The monoisotopic (exact) mass is 383 g/mol. The van der Waals surface area contributed by atoms with Gasteiger partial charge in [0.1, 0.15) is 0 Å². The number of carbonyl (C=O) groups excluding carboxylic acids is 1. The molecule has 3 N–H and O–H groups in total. The minimum Gasteiger partial charge on any atom is -0.465 e. The molecule has 2 aromatic rings. The van der Waals surface area contributed by atoms with E-state index < -0.39 is 0 Å². The number of aliphatic hydroxyl groups is 1. The van der Waals surface area contributed by atoms with Gasteiger partial charge in [0.05, 0.1) is 25.8 Å².